The Balaban J connectivity index is 2.66. The monoisotopic (exact) mass is 290 g/mol. The van der Waals surface area contributed by atoms with E-state index in [1.807, 2.05) is 0 Å². The molecule has 1 rings (SSSR count). The molecule has 1 unspecified atom stereocenters. The maximum atomic E-state index is 12.9. The fraction of sp³-hybridized carbons (Fsp3) is 0.500. The predicted molar refractivity (Wildman–Crippen MR) is 70.8 cm³/mol. The van der Waals surface area contributed by atoms with Gasteiger partial charge in [-0.05, 0) is 37.1 Å². The first-order chi connectivity index (χ1) is 8.86. The standard InChI is InChI=1S/C12H19FN2O3S/c1-9-7-10(13)3-4-12(9)19(16,17)15-6-5-11(14)8-18-2/h3-4,7,11,15H,5-6,8,14H2,1-2H3. The van der Waals surface area contributed by atoms with Gasteiger partial charge in [0.25, 0.3) is 0 Å². The van der Waals surface area contributed by atoms with Gasteiger partial charge in [-0.15, -0.1) is 0 Å². The van der Waals surface area contributed by atoms with Crippen molar-refractivity contribution in [3.05, 3.63) is 29.6 Å². The summed E-state index contributed by atoms with van der Waals surface area (Å²) in [7, 11) is -2.10. The van der Waals surface area contributed by atoms with Crippen molar-refractivity contribution >= 4 is 10.0 Å². The second-order valence-corrected chi connectivity index (χ2v) is 6.05. The second-order valence-electron chi connectivity index (χ2n) is 4.31. The Bertz CT molecular complexity index is 520. The topological polar surface area (TPSA) is 81.4 Å². The molecule has 0 heterocycles. The Kier molecular flexibility index (Phi) is 5.86. The van der Waals surface area contributed by atoms with E-state index in [2.05, 4.69) is 4.72 Å². The fourth-order valence-corrected chi connectivity index (χ4v) is 2.94. The highest BCUT2D eigenvalue weighted by Crippen LogP contribution is 2.15. The molecule has 1 atom stereocenters. The number of methoxy groups -OCH3 is 1. The average molecular weight is 290 g/mol. The molecule has 0 saturated carbocycles. The molecule has 0 bridgehead atoms. The molecule has 7 heteroatoms. The molecule has 5 nitrogen and oxygen atoms in total. The molecule has 0 aliphatic heterocycles. The molecular formula is C12H19FN2O3S. The van der Waals surface area contributed by atoms with E-state index < -0.39 is 15.8 Å². The summed E-state index contributed by atoms with van der Waals surface area (Å²) in [5, 5.41) is 0. The van der Waals surface area contributed by atoms with E-state index in [-0.39, 0.29) is 17.5 Å². The van der Waals surface area contributed by atoms with E-state index in [0.717, 1.165) is 6.07 Å². The summed E-state index contributed by atoms with van der Waals surface area (Å²) in [4.78, 5) is 0.0780. The van der Waals surface area contributed by atoms with Gasteiger partial charge in [0.2, 0.25) is 10.0 Å². The van der Waals surface area contributed by atoms with Gasteiger partial charge in [-0.3, -0.25) is 0 Å². The summed E-state index contributed by atoms with van der Waals surface area (Å²) in [5.74, 6) is -0.460. The lowest BCUT2D eigenvalue weighted by Gasteiger charge is -2.12. The first kappa shape index (κ1) is 16.0. The molecule has 0 aliphatic carbocycles. The average Bonchev–Trinajstić information content (AvgIpc) is 2.28. The van der Waals surface area contributed by atoms with Gasteiger partial charge in [-0.25, -0.2) is 17.5 Å². The number of aryl methyl sites for hydroxylation is 1. The highest BCUT2D eigenvalue weighted by molar-refractivity contribution is 7.89. The predicted octanol–water partition coefficient (Wildman–Crippen LogP) is 0.776. The van der Waals surface area contributed by atoms with Crippen LogP contribution < -0.4 is 10.5 Å². The minimum atomic E-state index is -3.63. The molecule has 1 aromatic rings. The summed E-state index contributed by atoms with van der Waals surface area (Å²) in [6.45, 7) is 2.13. The van der Waals surface area contributed by atoms with Crippen LogP contribution >= 0.6 is 0 Å². The Morgan fingerprint density at radius 3 is 2.74 bits per heavy atom. The second kappa shape index (κ2) is 6.95. The molecule has 3 N–H and O–H groups in total. The van der Waals surface area contributed by atoms with E-state index >= 15 is 0 Å². The van der Waals surface area contributed by atoms with Crippen molar-refractivity contribution in [2.75, 3.05) is 20.3 Å². The van der Waals surface area contributed by atoms with E-state index in [4.69, 9.17) is 10.5 Å². The summed E-state index contributed by atoms with van der Waals surface area (Å²) >= 11 is 0. The molecule has 0 radical (unpaired) electrons. The van der Waals surface area contributed by atoms with Crippen molar-refractivity contribution in [3.63, 3.8) is 0 Å². The molecule has 108 valence electrons. The fourth-order valence-electron chi connectivity index (χ4n) is 1.67. The van der Waals surface area contributed by atoms with Gasteiger partial charge in [0, 0.05) is 19.7 Å². The van der Waals surface area contributed by atoms with E-state index in [9.17, 15) is 12.8 Å². The van der Waals surface area contributed by atoms with Crippen molar-refractivity contribution in [3.8, 4) is 0 Å². The van der Waals surface area contributed by atoms with Crippen LogP contribution in [-0.2, 0) is 14.8 Å². The maximum absolute atomic E-state index is 12.9. The first-order valence-corrected chi connectivity index (χ1v) is 7.35. The third-order valence-corrected chi connectivity index (χ3v) is 4.24. The van der Waals surface area contributed by atoms with Gasteiger partial charge in [0.1, 0.15) is 5.82 Å². The number of hydrogen-bond acceptors (Lipinski definition) is 4. The lowest BCUT2D eigenvalue weighted by Crippen LogP contribution is -2.33. The van der Waals surface area contributed by atoms with Crippen LogP contribution in [-0.4, -0.2) is 34.7 Å². The summed E-state index contributed by atoms with van der Waals surface area (Å²) < 4.78 is 44.2. The van der Waals surface area contributed by atoms with Crippen molar-refractivity contribution in [1.29, 1.82) is 0 Å². The van der Waals surface area contributed by atoms with Crippen LogP contribution in [0, 0.1) is 12.7 Å². The zero-order chi connectivity index (χ0) is 14.5. The van der Waals surface area contributed by atoms with E-state index in [0.29, 0.717) is 18.6 Å². The number of ether oxygens (including phenoxy) is 1. The minimum absolute atomic E-state index is 0.0780. The smallest absolute Gasteiger partial charge is 0.240 e. The maximum Gasteiger partial charge on any atom is 0.240 e. The number of sulfonamides is 1. The molecule has 0 aromatic heterocycles. The third kappa shape index (κ3) is 4.87. The zero-order valence-electron chi connectivity index (χ0n) is 11.0. The molecule has 0 amide bonds. The Morgan fingerprint density at radius 2 is 2.16 bits per heavy atom. The van der Waals surface area contributed by atoms with Gasteiger partial charge in [0.15, 0.2) is 0 Å². The number of halogens is 1. The van der Waals surface area contributed by atoms with Gasteiger partial charge in [0.05, 0.1) is 11.5 Å². The third-order valence-electron chi connectivity index (χ3n) is 2.61. The van der Waals surface area contributed by atoms with Gasteiger partial charge < -0.3 is 10.5 Å². The van der Waals surface area contributed by atoms with Crippen LogP contribution in [0.25, 0.3) is 0 Å². The Labute approximate surface area is 113 Å². The SMILES string of the molecule is COCC(N)CCNS(=O)(=O)c1ccc(F)cc1C. The van der Waals surface area contributed by atoms with Gasteiger partial charge in [-0.1, -0.05) is 0 Å². The summed E-state index contributed by atoms with van der Waals surface area (Å²) in [5.41, 5.74) is 6.06. The molecule has 0 aliphatic rings. The van der Waals surface area contributed by atoms with Crippen LogP contribution in [0.3, 0.4) is 0 Å². The van der Waals surface area contributed by atoms with Crippen molar-refractivity contribution in [2.45, 2.75) is 24.3 Å². The number of rotatable bonds is 7. The molecule has 19 heavy (non-hydrogen) atoms. The highest BCUT2D eigenvalue weighted by atomic mass is 32.2. The van der Waals surface area contributed by atoms with Crippen LogP contribution in [0.5, 0.6) is 0 Å². The molecule has 1 aromatic carbocycles. The quantitative estimate of drug-likeness (QED) is 0.777. The van der Waals surface area contributed by atoms with Crippen molar-refractivity contribution in [1.82, 2.24) is 4.72 Å². The number of nitrogens with two attached hydrogens (primary N) is 1. The minimum Gasteiger partial charge on any atom is -0.383 e. The molecule has 0 spiro atoms. The Hall–Kier alpha value is -1.02. The van der Waals surface area contributed by atoms with Gasteiger partial charge >= 0.3 is 0 Å². The van der Waals surface area contributed by atoms with Crippen molar-refractivity contribution in [2.24, 2.45) is 5.73 Å². The number of benzene rings is 1. The number of hydrogen-bond donors (Lipinski definition) is 2. The van der Waals surface area contributed by atoms with Crippen LogP contribution in [0.15, 0.2) is 23.1 Å². The first-order valence-electron chi connectivity index (χ1n) is 5.87. The lowest BCUT2D eigenvalue weighted by atomic mass is 10.2. The van der Waals surface area contributed by atoms with Gasteiger partial charge in [-0.2, -0.15) is 0 Å². The number of nitrogens with one attached hydrogen (secondary N) is 1. The summed E-state index contributed by atoms with van der Waals surface area (Å²) in [6.07, 6.45) is 0.466. The molecule has 0 fully saturated rings. The van der Waals surface area contributed by atoms with Crippen LogP contribution in [0.4, 0.5) is 4.39 Å². The normalized spacial score (nSPS) is 13.5. The van der Waals surface area contributed by atoms with Crippen LogP contribution in [0.1, 0.15) is 12.0 Å². The zero-order valence-corrected chi connectivity index (χ0v) is 11.8. The largest absolute Gasteiger partial charge is 0.383 e. The van der Waals surface area contributed by atoms with Crippen LogP contribution in [0.2, 0.25) is 0 Å². The van der Waals surface area contributed by atoms with E-state index in [1.165, 1.54) is 19.2 Å². The van der Waals surface area contributed by atoms with Crippen molar-refractivity contribution < 1.29 is 17.5 Å². The Morgan fingerprint density at radius 1 is 1.47 bits per heavy atom. The lowest BCUT2D eigenvalue weighted by molar-refractivity contribution is 0.177. The van der Waals surface area contributed by atoms with E-state index in [1.54, 1.807) is 6.92 Å². The highest BCUT2D eigenvalue weighted by Gasteiger charge is 2.17. The molecule has 0 saturated heterocycles. The summed E-state index contributed by atoms with van der Waals surface area (Å²) in [6, 6.07) is 3.34. The molecular weight excluding hydrogens is 271 g/mol.